The van der Waals surface area contributed by atoms with Crippen LogP contribution in [0.15, 0.2) is 66.9 Å². The molecule has 0 atom stereocenters. The molecule has 0 spiro atoms. The lowest BCUT2D eigenvalue weighted by Gasteiger charge is -2.13. The average molecular weight is 517 g/mol. The SMILES string of the molecule is COc1cc2nccc(Oc3ccc(NC(=O)Cc4cccc(C(F)(F)F)c4)c(Cl)c3)c2cc1OC. The predicted octanol–water partition coefficient (Wildman–Crippen LogP) is 6.90. The van der Waals surface area contributed by atoms with Gasteiger partial charge in [0.1, 0.15) is 11.5 Å². The molecule has 0 fully saturated rings. The number of halogens is 4. The minimum Gasteiger partial charge on any atom is -0.493 e. The Morgan fingerprint density at radius 2 is 1.72 bits per heavy atom. The Labute approximate surface area is 209 Å². The molecule has 0 aliphatic rings. The zero-order valence-electron chi connectivity index (χ0n) is 19.2. The molecule has 1 aromatic heterocycles. The number of benzene rings is 3. The van der Waals surface area contributed by atoms with Gasteiger partial charge in [0.2, 0.25) is 5.91 Å². The van der Waals surface area contributed by atoms with E-state index in [1.165, 1.54) is 32.4 Å². The van der Waals surface area contributed by atoms with Gasteiger partial charge in [0, 0.05) is 23.7 Å². The molecule has 0 unspecified atom stereocenters. The lowest BCUT2D eigenvalue weighted by atomic mass is 10.1. The molecule has 0 bridgehead atoms. The topological polar surface area (TPSA) is 69.7 Å². The highest BCUT2D eigenvalue weighted by molar-refractivity contribution is 6.33. The highest BCUT2D eigenvalue weighted by Crippen LogP contribution is 2.38. The van der Waals surface area contributed by atoms with Crippen LogP contribution in [-0.2, 0) is 17.4 Å². The fourth-order valence-electron chi connectivity index (χ4n) is 3.56. The van der Waals surface area contributed by atoms with Crippen molar-refractivity contribution in [2.24, 2.45) is 0 Å². The maximum Gasteiger partial charge on any atom is 0.416 e. The van der Waals surface area contributed by atoms with E-state index < -0.39 is 17.6 Å². The van der Waals surface area contributed by atoms with Gasteiger partial charge < -0.3 is 19.5 Å². The number of fused-ring (bicyclic) bond motifs is 1. The van der Waals surface area contributed by atoms with E-state index in [1.54, 1.807) is 36.5 Å². The van der Waals surface area contributed by atoms with Crippen LogP contribution in [0.4, 0.5) is 18.9 Å². The van der Waals surface area contributed by atoms with Crippen molar-refractivity contribution in [3.05, 3.63) is 83.0 Å². The summed E-state index contributed by atoms with van der Waals surface area (Å²) in [4.78, 5) is 16.8. The first-order chi connectivity index (χ1) is 17.2. The molecule has 4 aromatic rings. The number of nitrogens with zero attached hydrogens (tertiary/aromatic N) is 1. The first-order valence-corrected chi connectivity index (χ1v) is 11.0. The van der Waals surface area contributed by atoms with Crippen LogP contribution in [0.25, 0.3) is 10.9 Å². The number of hydrogen-bond acceptors (Lipinski definition) is 5. The Kier molecular flexibility index (Phi) is 7.21. The van der Waals surface area contributed by atoms with Crippen LogP contribution in [0.3, 0.4) is 0 Å². The average Bonchev–Trinajstić information content (AvgIpc) is 2.84. The Balaban J connectivity index is 1.50. The van der Waals surface area contributed by atoms with Crippen LogP contribution in [0.5, 0.6) is 23.0 Å². The fraction of sp³-hybridized carbons (Fsp3) is 0.154. The number of ether oxygens (including phenoxy) is 3. The van der Waals surface area contributed by atoms with E-state index in [0.29, 0.717) is 39.6 Å². The molecule has 10 heteroatoms. The van der Waals surface area contributed by atoms with Crippen molar-refractivity contribution < 1.29 is 32.2 Å². The summed E-state index contributed by atoms with van der Waals surface area (Å²) in [5.41, 5.74) is 0.351. The highest BCUT2D eigenvalue weighted by atomic mass is 35.5. The van der Waals surface area contributed by atoms with E-state index in [9.17, 15) is 18.0 Å². The molecular formula is C26H20ClF3N2O4. The summed E-state index contributed by atoms with van der Waals surface area (Å²) in [6, 6.07) is 14.5. The third kappa shape index (κ3) is 5.63. The zero-order chi connectivity index (χ0) is 25.9. The normalized spacial score (nSPS) is 11.3. The molecule has 0 saturated carbocycles. The maximum atomic E-state index is 12.9. The van der Waals surface area contributed by atoms with E-state index in [0.717, 1.165) is 12.1 Å². The van der Waals surface area contributed by atoms with Crippen LogP contribution >= 0.6 is 11.6 Å². The molecule has 1 amide bonds. The maximum absolute atomic E-state index is 12.9. The third-order valence-electron chi connectivity index (χ3n) is 5.27. The second kappa shape index (κ2) is 10.3. The minimum atomic E-state index is -4.48. The van der Waals surface area contributed by atoms with Gasteiger partial charge in [0.05, 0.1) is 42.4 Å². The molecule has 0 aliphatic heterocycles. The van der Waals surface area contributed by atoms with Gasteiger partial charge in [-0.1, -0.05) is 29.8 Å². The molecule has 3 aromatic carbocycles. The number of nitrogens with one attached hydrogen (secondary N) is 1. The Morgan fingerprint density at radius 1 is 0.972 bits per heavy atom. The van der Waals surface area contributed by atoms with Gasteiger partial charge in [0.25, 0.3) is 0 Å². The fourth-order valence-corrected chi connectivity index (χ4v) is 3.78. The van der Waals surface area contributed by atoms with Crippen molar-refractivity contribution in [1.82, 2.24) is 4.98 Å². The van der Waals surface area contributed by atoms with Gasteiger partial charge in [-0.15, -0.1) is 0 Å². The Morgan fingerprint density at radius 3 is 2.42 bits per heavy atom. The summed E-state index contributed by atoms with van der Waals surface area (Å²) in [5, 5.41) is 3.50. The number of rotatable bonds is 7. The molecule has 0 saturated heterocycles. The van der Waals surface area contributed by atoms with Crippen molar-refractivity contribution in [3.63, 3.8) is 0 Å². The number of methoxy groups -OCH3 is 2. The Hall–Kier alpha value is -3.98. The van der Waals surface area contributed by atoms with Crippen molar-refractivity contribution in [3.8, 4) is 23.0 Å². The second-order valence-electron chi connectivity index (χ2n) is 7.70. The number of hydrogen-bond donors (Lipinski definition) is 1. The number of carbonyl (C=O) groups is 1. The van der Waals surface area contributed by atoms with Gasteiger partial charge >= 0.3 is 6.18 Å². The smallest absolute Gasteiger partial charge is 0.416 e. The zero-order valence-corrected chi connectivity index (χ0v) is 19.9. The lowest BCUT2D eigenvalue weighted by molar-refractivity contribution is -0.137. The van der Waals surface area contributed by atoms with Crippen LogP contribution < -0.4 is 19.5 Å². The van der Waals surface area contributed by atoms with Gasteiger partial charge in [-0.25, -0.2) is 0 Å². The first-order valence-electron chi connectivity index (χ1n) is 10.6. The standard InChI is InChI=1S/C26H20ClF3N2O4/c1-34-23-13-18-21(14-24(23)35-2)31-9-8-22(18)36-17-6-7-20(19(27)12-17)32-25(33)11-15-4-3-5-16(10-15)26(28,29)30/h3-10,12-14H,11H2,1-2H3,(H,32,33). The van der Waals surface area contributed by atoms with Crippen molar-refractivity contribution in [2.75, 3.05) is 19.5 Å². The number of amides is 1. The van der Waals surface area contributed by atoms with E-state index >= 15 is 0 Å². The van der Waals surface area contributed by atoms with Gasteiger partial charge in [0.15, 0.2) is 11.5 Å². The summed E-state index contributed by atoms with van der Waals surface area (Å²) < 4.78 is 55.4. The molecular weight excluding hydrogens is 497 g/mol. The van der Waals surface area contributed by atoms with Crippen molar-refractivity contribution in [1.29, 1.82) is 0 Å². The number of alkyl halides is 3. The summed E-state index contributed by atoms with van der Waals surface area (Å²) in [6.45, 7) is 0. The minimum absolute atomic E-state index is 0.197. The summed E-state index contributed by atoms with van der Waals surface area (Å²) in [7, 11) is 3.06. The van der Waals surface area contributed by atoms with Crippen LogP contribution in [0.2, 0.25) is 5.02 Å². The largest absolute Gasteiger partial charge is 0.493 e. The Bertz CT molecular complexity index is 1430. The van der Waals surface area contributed by atoms with Crippen LogP contribution in [0, 0.1) is 0 Å². The second-order valence-corrected chi connectivity index (χ2v) is 8.11. The molecule has 4 rings (SSSR count). The number of aromatic nitrogens is 1. The summed E-state index contributed by atoms with van der Waals surface area (Å²) >= 11 is 6.34. The molecule has 6 nitrogen and oxygen atoms in total. The van der Waals surface area contributed by atoms with E-state index in [1.807, 2.05) is 0 Å². The monoisotopic (exact) mass is 516 g/mol. The predicted molar refractivity (Wildman–Crippen MR) is 130 cm³/mol. The lowest BCUT2D eigenvalue weighted by Crippen LogP contribution is -2.15. The molecule has 0 radical (unpaired) electrons. The number of carbonyl (C=O) groups excluding carboxylic acids is 1. The van der Waals surface area contributed by atoms with Crippen molar-refractivity contribution >= 4 is 34.1 Å². The van der Waals surface area contributed by atoms with E-state index in [-0.39, 0.29) is 17.0 Å². The molecule has 1 heterocycles. The molecule has 0 aliphatic carbocycles. The summed E-state index contributed by atoms with van der Waals surface area (Å²) in [6.07, 6.45) is -3.14. The molecule has 1 N–H and O–H groups in total. The molecule has 186 valence electrons. The van der Waals surface area contributed by atoms with E-state index in [4.69, 9.17) is 25.8 Å². The number of pyridine rings is 1. The van der Waals surface area contributed by atoms with E-state index in [2.05, 4.69) is 10.3 Å². The van der Waals surface area contributed by atoms with Crippen LogP contribution in [-0.4, -0.2) is 25.1 Å². The molecule has 36 heavy (non-hydrogen) atoms. The third-order valence-corrected chi connectivity index (χ3v) is 5.58. The van der Waals surface area contributed by atoms with Crippen molar-refractivity contribution in [2.45, 2.75) is 12.6 Å². The van der Waals surface area contributed by atoms with Gasteiger partial charge in [-0.2, -0.15) is 13.2 Å². The van der Waals surface area contributed by atoms with Crippen LogP contribution in [0.1, 0.15) is 11.1 Å². The van der Waals surface area contributed by atoms with Gasteiger partial charge in [-0.3, -0.25) is 9.78 Å². The summed E-state index contributed by atoms with van der Waals surface area (Å²) in [5.74, 6) is 1.44. The highest BCUT2D eigenvalue weighted by Gasteiger charge is 2.30. The van der Waals surface area contributed by atoms with Gasteiger partial charge in [-0.05, 0) is 35.9 Å². The quantitative estimate of drug-likeness (QED) is 0.289. The number of anilines is 1. The first kappa shape index (κ1) is 25.1.